The molecule has 6 rings (SSSR count). The summed E-state index contributed by atoms with van der Waals surface area (Å²) >= 11 is 0. The van der Waals surface area contributed by atoms with Crippen molar-refractivity contribution < 1.29 is 9.13 Å². The first-order valence-corrected chi connectivity index (χ1v) is 12.0. The molecule has 2 saturated heterocycles. The van der Waals surface area contributed by atoms with Crippen LogP contribution in [0.4, 0.5) is 4.39 Å². The molecule has 2 fully saturated rings. The Hall–Kier alpha value is -3.50. The maximum absolute atomic E-state index is 15.4. The SMILES string of the molecule is CCOc1nc(C)c2nc(-c3cncnc3)n(Cc3ccc(CN4CC5CC4CN5)cc3F)c2n1. The van der Waals surface area contributed by atoms with Crippen LogP contribution in [0.5, 0.6) is 6.01 Å². The van der Waals surface area contributed by atoms with Crippen LogP contribution in [-0.4, -0.2) is 66.2 Å². The lowest BCUT2D eigenvalue weighted by Gasteiger charge is -2.27. The molecule has 0 saturated carbocycles. The Morgan fingerprint density at radius 2 is 2.00 bits per heavy atom. The fraction of sp³-hybridized carbons (Fsp3) is 0.400. The summed E-state index contributed by atoms with van der Waals surface area (Å²) in [5.41, 5.74) is 4.19. The van der Waals surface area contributed by atoms with E-state index >= 15 is 4.39 Å². The minimum atomic E-state index is -0.238. The molecule has 0 aliphatic carbocycles. The molecule has 10 heteroatoms. The van der Waals surface area contributed by atoms with Gasteiger partial charge in [0, 0.05) is 49.7 Å². The van der Waals surface area contributed by atoms with E-state index in [0.717, 1.165) is 30.8 Å². The summed E-state index contributed by atoms with van der Waals surface area (Å²) in [5, 5.41) is 3.51. The molecule has 3 aromatic heterocycles. The second kappa shape index (κ2) is 8.94. The quantitative estimate of drug-likeness (QED) is 0.437. The number of likely N-dealkylation sites (tertiary alicyclic amines) is 1. The third kappa shape index (κ3) is 4.12. The number of imidazole rings is 1. The van der Waals surface area contributed by atoms with Crippen LogP contribution < -0.4 is 10.1 Å². The first-order valence-electron chi connectivity index (χ1n) is 12.0. The summed E-state index contributed by atoms with van der Waals surface area (Å²) in [5.74, 6) is 0.369. The number of nitrogens with zero attached hydrogens (tertiary/aromatic N) is 7. The highest BCUT2D eigenvalue weighted by atomic mass is 19.1. The van der Waals surface area contributed by atoms with E-state index in [4.69, 9.17) is 9.72 Å². The number of piperazine rings is 1. The van der Waals surface area contributed by atoms with Crippen LogP contribution in [0, 0.1) is 12.7 Å². The smallest absolute Gasteiger partial charge is 0.318 e. The maximum atomic E-state index is 15.4. The summed E-state index contributed by atoms with van der Waals surface area (Å²) in [7, 11) is 0. The van der Waals surface area contributed by atoms with Gasteiger partial charge in [0.25, 0.3) is 0 Å². The molecular weight excluding hydrogens is 447 g/mol. The molecule has 9 nitrogen and oxygen atoms in total. The number of fused-ring (bicyclic) bond motifs is 3. The van der Waals surface area contributed by atoms with Crippen molar-refractivity contribution in [2.24, 2.45) is 0 Å². The summed E-state index contributed by atoms with van der Waals surface area (Å²) in [6, 6.07) is 6.95. The second-order valence-corrected chi connectivity index (χ2v) is 9.20. The highest BCUT2D eigenvalue weighted by molar-refractivity contribution is 5.79. The predicted octanol–water partition coefficient (Wildman–Crippen LogP) is 2.72. The number of rotatable bonds is 7. The minimum absolute atomic E-state index is 0.238. The number of aromatic nitrogens is 6. The van der Waals surface area contributed by atoms with Gasteiger partial charge in [0.15, 0.2) is 5.65 Å². The zero-order chi connectivity index (χ0) is 23.9. The van der Waals surface area contributed by atoms with Gasteiger partial charge in [0.05, 0.1) is 24.4 Å². The van der Waals surface area contributed by atoms with E-state index in [9.17, 15) is 0 Å². The Labute approximate surface area is 202 Å². The average molecular weight is 475 g/mol. The van der Waals surface area contributed by atoms with Crippen LogP contribution in [0.25, 0.3) is 22.6 Å². The molecule has 2 aliphatic heterocycles. The molecule has 2 aliphatic rings. The summed E-state index contributed by atoms with van der Waals surface area (Å²) in [6.07, 6.45) is 6.03. The van der Waals surface area contributed by atoms with E-state index in [1.807, 2.05) is 30.5 Å². The highest BCUT2D eigenvalue weighted by Crippen LogP contribution is 2.29. The maximum Gasteiger partial charge on any atom is 0.318 e. The van der Waals surface area contributed by atoms with Gasteiger partial charge < -0.3 is 14.6 Å². The third-order valence-corrected chi connectivity index (χ3v) is 6.84. The molecule has 1 aromatic carbocycles. The zero-order valence-corrected chi connectivity index (χ0v) is 19.8. The Balaban J connectivity index is 1.36. The molecule has 0 amide bonds. The predicted molar refractivity (Wildman–Crippen MR) is 128 cm³/mol. The molecule has 35 heavy (non-hydrogen) atoms. The lowest BCUT2D eigenvalue weighted by molar-refractivity contribution is 0.217. The highest BCUT2D eigenvalue weighted by Gasteiger charge is 2.37. The number of aryl methyl sites for hydroxylation is 1. The van der Waals surface area contributed by atoms with E-state index in [1.165, 1.54) is 12.7 Å². The van der Waals surface area contributed by atoms with Crippen LogP contribution in [0.2, 0.25) is 0 Å². The van der Waals surface area contributed by atoms with Gasteiger partial charge in [-0.25, -0.2) is 19.3 Å². The Bertz CT molecular complexity index is 1380. The number of hydrogen-bond donors (Lipinski definition) is 1. The molecular formula is C25H27FN8O. The number of halogens is 1. The zero-order valence-electron chi connectivity index (χ0n) is 19.8. The normalized spacial score (nSPS) is 19.6. The summed E-state index contributed by atoms with van der Waals surface area (Å²) in [4.78, 5) is 24.5. The summed E-state index contributed by atoms with van der Waals surface area (Å²) in [6.45, 7) is 7.27. The van der Waals surface area contributed by atoms with Crippen molar-refractivity contribution in [3.05, 3.63) is 59.6 Å². The molecule has 2 unspecified atom stereocenters. The summed E-state index contributed by atoms with van der Waals surface area (Å²) < 4.78 is 22.8. The van der Waals surface area contributed by atoms with Crippen molar-refractivity contribution in [2.45, 2.75) is 45.4 Å². The minimum Gasteiger partial charge on any atom is -0.464 e. The van der Waals surface area contributed by atoms with Gasteiger partial charge in [-0.15, -0.1) is 0 Å². The van der Waals surface area contributed by atoms with Crippen LogP contribution in [0.3, 0.4) is 0 Å². The van der Waals surface area contributed by atoms with Gasteiger partial charge in [-0.1, -0.05) is 12.1 Å². The van der Waals surface area contributed by atoms with Crippen molar-refractivity contribution in [1.29, 1.82) is 0 Å². The number of nitrogens with one attached hydrogen (secondary N) is 1. The second-order valence-electron chi connectivity index (χ2n) is 9.20. The first-order chi connectivity index (χ1) is 17.1. The monoisotopic (exact) mass is 474 g/mol. The van der Waals surface area contributed by atoms with E-state index in [2.05, 4.69) is 30.2 Å². The molecule has 0 radical (unpaired) electrons. The third-order valence-electron chi connectivity index (χ3n) is 6.84. The number of hydrogen-bond acceptors (Lipinski definition) is 8. The van der Waals surface area contributed by atoms with E-state index in [1.54, 1.807) is 18.5 Å². The number of ether oxygens (including phenoxy) is 1. The van der Waals surface area contributed by atoms with Gasteiger partial charge in [0.1, 0.15) is 23.5 Å². The molecule has 2 bridgehead atoms. The van der Waals surface area contributed by atoms with Gasteiger partial charge in [-0.05, 0) is 31.9 Å². The Morgan fingerprint density at radius 1 is 1.14 bits per heavy atom. The standard InChI is InChI=1S/C25H27FN8O/c1-3-35-25-30-15(2)22-24(32-25)34(23(31-22)18-8-27-14-28-9-18)12-17-5-4-16(6-21(17)26)11-33-13-19-7-20(33)10-29-19/h4-6,8-9,14,19-20,29H,3,7,10-13H2,1-2H3. The fourth-order valence-electron chi connectivity index (χ4n) is 5.15. The van der Waals surface area contributed by atoms with Gasteiger partial charge in [-0.2, -0.15) is 9.97 Å². The van der Waals surface area contributed by atoms with E-state index < -0.39 is 0 Å². The van der Waals surface area contributed by atoms with Crippen molar-refractivity contribution in [3.63, 3.8) is 0 Å². The molecule has 4 aromatic rings. The van der Waals surface area contributed by atoms with Crippen LogP contribution in [-0.2, 0) is 13.1 Å². The Morgan fingerprint density at radius 3 is 2.71 bits per heavy atom. The molecule has 2 atom stereocenters. The largest absolute Gasteiger partial charge is 0.464 e. The van der Waals surface area contributed by atoms with Gasteiger partial charge in [-0.3, -0.25) is 4.90 Å². The van der Waals surface area contributed by atoms with E-state index in [0.29, 0.717) is 46.9 Å². The van der Waals surface area contributed by atoms with Gasteiger partial charge in [0.2, 0.25) is 0 Å². The molecule has 5 heterocycles. The van der Waals surface area contributed by atoms with Gasteiger partial charge >= 0.3 is 6.01 Å². The van der Waals surface area contributed by atoms with Crippen molar-refractivity contribution >= 4 is 11.2 Å². The van der Waals surface area contributed by atoms with Crippen molar-refractivity contribution in [2.75, 3.05) is 19.7 Å². The first kappa shape index (κ1) is 22.0. The fourth-order valence-corrected chi connectivity index (χ4v) is 5.15. The van der Waals surface area contributed by atoms with Crippen molar-refractivity contribution in [1.82, 2.24) is 39.7 Å². The molecule has 180 valence electrons. The lowest BCUT2D eigenvalue weighted by atomic mass is 10.1. The van der Waals surface area contributed by atoms with Crippen LogP contribution >= 0.6 is 0 Å². The van der Waals surface area contributed by atoms with E-state index in [-0.39, 0.29) is 18.4 Å². The van der Waals surface area contributed by atoms with Crippen molar-refractivity contribution in [3.8, 4) is 17.4 Å². The number of benzene rings is 1. The topological polar surface area (TPSA) is 93.9 Å². The molecule has 1 N–H and O–H groups in total. The van der Waals surface area contributed by atoms with Crippen LogP contribution in [0.15, 0.2) is 36.9 Å². The Kier molecular flexibility index (Phi) is 5.62. The van der Waals surface area contributed by atoms with Crippen LogP contribution in [0.1, 0.15) is 30.2 Å². The lowest BCUT2D eigenvalue weighted by Crippen LogP contribution is -2.42. The average Bonchev–Trinajstić information content (AvgIpc) is 3.57. The molecule has 0 spiro atoms.